The third kappa shape index (κ3) is 3.32. The lowest BCUT2D eigenvalue weighted by Crippen LogP contribution is -2.36. The molecule has 0 bridgehead atoms. The zero-order valence-corrected chi connectivity index (χ0v) is 11.4. The molecular formula is C14H25N3. The summed E-state index contributed by atoms with van der Waals surface area (Å²) in [6.45, 7) is 5.78. The Hall–Kier alpha value is -0.830. The average Bonchev–Trinajstić information content (AvgIpc) is 3.08. The van der Waals surface area contributed by atoms with E-state index >= 15 is 0 Å². The van der Waals surface area contributed by atoms with Gasteiger partial charge in [0.25, 0.3) is 0 Å². The van der Waals surface area contributed by atoms with Crippen LogP contribution in [0.4, 0.5) is 0 Å². The van der Waals surface area contributed by atoms with Gasteiger partial charge >= 0.3 is 0 Å². The molecule has 0 saturated heterocycles. The summed E-state index contributed by atoms with van der Waals surface area (Å²) in [4.78, 5) is 0. The van der Waals surface area contributed by atoms with Crippen LogP contribution in [-0.4, -0.2) is 22.4 Å². The van der Waals surface area contributed by atoms with Gasteiger partial charge in [-0.15, -0.1) is 0 Å². The summed E-state index contributed by atoms with van der Waals surface area (Å²) in [5.41, 5.74) is 1.78. The van der Waals surface area contributed by atoms with Gasteiger partial charge in [-0.05, 0) is 43.1 Å². The van der Waals surface area contributed by atoms with Crippen LogP contribution in [0.2, 0.25) is 0 Å². The molecule has 1 fully saturated rings. The lowest BCUT2D eigenvalue weighted by atomic mass is 9.77. The summed E-state index contributed by atoms with van der Waals surface area (Å²) >= 11 is 0. The predicted molar refractivity (Wildman–Crippen MR) is 71.0 cm³/mol. The van der Waals surface area contributed by atoms with Crippen LogP contribution >= 0.6 is 0 Å². The smallest absolute Gasteiger partial charge is 0.0521 e. The Morgan fingerprint density at radius 1 is 1.41 bits per heavy atom. The number of rotatable bonds is 7. The second-order valence-corrected chi connectivity index (χ2v) is 5.56. The first-order valence-corrected chi connectivity index (χ1v) is 6.88. The molecule has 1 N–H and O–H groups in total. The van der Waals surface area contributed by atoms with Crippen molar-refractivity contribution in [1.29, 1.82) is 0 Å². The van der Waals surface area contributed by atoms with Crippen LogP contribution in [0.1, 0.15) is 45.1 Å². The topological polar surface area (TPSA) is 29.9 Å². The van der Waals surface area contributed by atoms with Crippen LogP contribution in [0.25, 0.3) is 0 Å². The maximum absolute atomic E-state index is 4.27. The van der Waals surface area contributed by atoms with E-state index in [2.05, 4.69) is 30.5 Å². The first kappa shape index (κ1) is 12.6. The fraction of sp³-hybridized carbons (Fsp3) is 0.786. The predicted octanol–water partition coefficient (Wildman–Crippen LogP) is 2.52. The van der Waals surface area contributed by atoms with E-state index in [1.165, 1.54) is 31.2 Å². The van der Waals surface area contributed by atoms with Gasteiger partial charge in [-0.3, -0.25) is 4.68 Å². The molecule has 0 unspecified atom stereocenters. The second-order valence-electron chi connectivity index (χ2n) is 5.56. The van der Waals surface area contributed by atoms with Crippen LogP contribution in [0.5, 0.6) is 0 Å². The molecule has 1 aromatic heterocycles. The minimum Gasteiger partial charge on any atom is -0.313 e. The molecule has 1 saturated carbocycles. The fourth-order valence-electron chi connectivity index (χ4n) is 2.46. The number of nitrogens with one attached hydrogen (secondary N) is 1. The Balaban J connectivity index is 1.98. The van der Waals surface area contributed by atoms with Crippen molar-refractivity contribution >= 4 is 0 Å². The standard InChI is InChI=1S/C14H25N3/c1-4-14(5-2,11-15-13-6-7-13)8-12-9-16-17(3)10-12/h9-10,13,15H,4-8,11H2,1-3H3. The number of hydrogen-bond acceptors (Lipinski definition) is 2. The molecule has 96 valence electrons. The van der Waals surface area contributed by atoms with Crippen LogP contribution in [0, 0.1) is 5.41 Å². The summed E-state index contributed by atoms with van der Waals surface area (Å²) in [6.07, 6.45) is 10.5. The molecule has 1 aliphatic carbocycles. The van der Waals surface area contributed by atoms with Crippen molar-refractivity contribution in [3.63, 3.8) is 0 Å². The second kappa shape index (κ2) is 5.21. The Bertz CT molecular complexity index is 348. The van der Waals surface area contributed by atoms with E-state index in [-0.39, 0.29) is 0 Å². The Labute approximate surface area is 105 Å². The molecule has 1 aliphatic rings. The lowest BCUT2D eigenvalue weighted by Gasteiger charge is -2.32. The monoisotopic (exact) mass is 235 g/mol. The SMILES string of the molecule is CCC(CC)(CNC1CC1)Cc1cnn(C)c1. The highest BCUT2D eigenvalue weighted by molar-refractivity contribution is 5.08. The third-order valence-electron chi connectivity index (χ3n) is 4.18. The van der Waals surface area contributed by atoms with Gasteiger partial charge in [0.2, 0.25) is 0 Å². The van der Waals surface area contributed by atoms with Crippen molar-refractivity contribution in [2.45, 2.75) is 52.0 Å². The van der Waals surface area contributed by atoms with Crippen LogP contribution in [0.3, 0.4) is 0 Å². The van der Waals surface area contributed by atoms with Crippen molar-refractivity contribution in [2.75, 3.05) is 6.54 Å². The molecule has 0 aromatic carbocycles. The number of hydrogen-bond donors (Lipinski definition) is 1. The van der Waals surface area contributed by atoms with Crippen LogP contribution in [0.15, 0.2) is 12.4 Å². The average molecular weight is 235 g/mol. The summed E-state index contributed by atoms with van der Waals surface area (Å²) in [5.74, 6) is 0. The van der Waals surface area contributed by atoms with E-state index in [0.29, 0.717) is 5.41 Å². The Kier molecular flexibility index (Phi) is 3.87. The minimum absolute atomic E-state index is 0.408. The zero-order chi connectivity index (χ0) is 12.3. The summed E-state index contributed by atoms with van der Waals surface area (Å²) < 4.78 is 1.90. The van der Waals surface area contributed by atoms with E-state index < -0.39 is 0 Å². The molecule has 2 rings (SSSR count). The number of nitrogens with zero attached hydrogens (tertiary/aromatic N) is 2. The molecule has 1 heterocycles. The van der Waals surface area contributed by atoms with Crippen molar-refractivity contribution in [1.82, 2.24) is 15.1 Å². The van der Waals surface area contributed by atoms with Gasteiger partial charge < -0.3 is 5.32 Å². The van der Waals surface area contributed by atoms with E-state index in [9.17, 15) is 0 Å². The maximum Gasteiger partial charge on any atom is 0.0521 e. The molecular weight excluding hydrogens is 210 g/mol. The molecule has 1 aromatic rings. The molecule has 0 aliphatic heterocycles. The molecule has 3 nitrogen and oxygen atoms in total. The molecule has 3 heteroatoms. The maximum atomic E-state index is 4.27. The minimum atomic E-state index is 0.408. The van der Waals surface area contributed by atoms with Gasteiger partial charge in [0, 0.05) is 25.8 Å². The van der Waals surface area contributed by atoms with Gasteiger partial charge in [0.15, 0.2) is 0 Å². The first-order chi connectivity index (χ1) is 8.17. The van der Waals surface area contributed by atoms with Crippen LogP contribution < -0.4 is 5.32 Å². The van der Waals surface area contributed by atoms with Gasteiger partial charge in [0.05, 0.1) is 6.20 Å². The Morgan fingerprint density at radius 2 is 2.12 bits per heavy atom. The fourth-order valence-corrected chi connectivity index (χ4v) is 2.46. The quantitative estimate of drug-likeness (QED) is 0.787. The highest BCUT2D eigenvalue weighted by Crippen LogP contribution is 2.31. The van der Waals surface area contributed by atoms with Gasteiger partial charge in [-0.25, -0.2) is 0 Å². The summed E-state index contributed by atoms with van der Waals surface area (Å²) in [6, 6.07) is 0.807. The van der Waals surface area contributed by atoms with E-state index in [1.54, 1.807) is 0 Å². The highest BCUT2D eigenvalue weighted by Gasteiger charge is 2.30. The molecule has 0 amide bonds. The van der Waals surface area contributed by atoms with Gasteiger partial charge in [-0.1, -0.05) is 13.8 Å². The third-order valence-corrected chi connectivity index (χ3v) is 4.18. The molecule has 0 spiro atoms. The molecule has 0 atom stereocenters. The molecule has 17 heavy (non-hydrogen) atoms. The number of aromatic nitrogens is 2. The lowest BCUT2D eigenvalue weighted by molar-refractivity contribution is 0.245. The van der Waals surface area contributed by atoms with Gasteiger partial charge in [-0.2, -0.15) is 5.10 Å². The van der Waals surface area contributed by atoms with E-state index in [4.69, 9.17) is 0 Å². The molecule has 0 radical (unpaired) electrons. The number of aryl methyl sites for hydroxylation is 1. The summed E-state index contributed by atoms with van der Waals surface area (Å²) in [5, 5.41) is 7.97. The zero-order valence-electron chi connectivity index (χ0n) is 11.4. The van der Waals surface area contributed by atoms with Gasteiger partial charge in [0.1, 0.15) is 0 Å². The van der Waals surface area contributed by atoms with Crippen molar-refractivity contribution in [3.05, 3.63) is 18.0 Å². The summed E-state index contributed by atoms with van der Waals surface area (Å²) in [7, 11) is 1.99. The normalized spacial score (nSPS) is 16.4. The van der Waals surface area contributed by atoms with Crippen molar-refractivity contribution < 1.29 is 0 Å². The van der Waals surface area contributed by atoms with Crippen LogP contribution in [-0.2, 0) is 13.5 Å². The highest BCUT2D eigenvalue weighted by atomic mass is 15.2. The first-order valence-electron chi connectivity index (χ1n) is 6.88. The van der Waals surface area contributed by atoms with E-state index in [0.717, 1.165) is 19.0 Å². The van der Waals surface area contributed by atoms with Crippen molar-refractivity contribution in [3.8, 4) is 0 Å². The Morgan fingerprint density at radius 3 is 2.59 bits per heavy atom. The van der Waals surface area contributed by atoms with E-state index in [1.807, 2.05) is 17.9 Å². The van der Waals surface area contributed by atoms with Crippen molar-refractivity contribution in [2.24, 2.45) is 12.5 Å². The largest absolute Gasteiger partial charge is 0.313 e.